The van der Waals surface area contributed by atoms with Gasteiger partial charge in [0.1, 0.15) is 6.04 Å². The quantitative estimate of drug-likeness (QED) is 0.331. The number of cyclic esters (lactones) is 1. The summed E-state index contributed by atoms with van der Waals surface area (Å²) >= 11 is 8.05. The molecule has 2 fully saturated rings. The normalized spacial score (nSPS) is 32.4. The van der Waals surface area contributed by atoms with Gasteiger partial charge >= 0.3 is 5.97 Å². The van der Waals surface area contributed by atoms with Crippen LogP contribution in [0.25, 0.3) is 0 Å². The molecule has 5 atom stereocenters. The molecular formula is C28H33ClN2O5S. The van der Waals surface area contributed by atoms with Crippen LogP contribution >= 0.6 is 23.4 Å². The third kappa shape index (κ3) is 4.72. The van der Waals surface area contributed by atoms with Crippen molar-refractivity contribution in [2.45, 2.75) is 54.6 Å². The van der Waals surface area contributed by atoms with Crippen molar-refractivity contribution >= 4 is 46.8 Å². The maximum Gasteiger partial charge on any atom is 0.311 e. The second-order valence-electron chi connectivity index (χ2n) is 10.1. The minimum Gasteiger partial charge on any atom is -0.465 e. The molecule has 198 valence electrons. The second kappa shape index (κ2) is 11.2. The predicted octanol–water partition coefficient (Wildman–Crippen LogP) is 3.99. The number of carbonyl (C=O) groups excluding carboxylic acids is 3. The van der Waals surface area contributed by atoms with Gasteiger partial charge in [-0.3, -0.25) is 14.4 Å². The third-order valence-electron chi connectivity index (χ3n) is 7.80. The zero-order valence-electron chi connectivity index (χ0n) is 20.8. The van der Waals surface area contributed by atoms with Crippen LogP contribution in [0.15, 0.2) is 48.6 Å². The van der Waals surface area contributed by atoms with Gasteiger partial charge in [-0.05, 0) is 50.7 Å². The van der Waals surface area contributed by atoms with Crippen molar-refractivity contribution < 1.29 is 24.2 Å². The zero-order valence-corrected chi connectivity index (χ0v) is 22.3. The number of benzene rings is 1. The van der Waals surface area contributed by atoms with E-state index < -0.39 is 22.6 Å². The fourth-order valence-electron chi connectivity index (χ4n) is 6.11. The van der Waals surface area contributed by atoms with Crippen LogP contribution in [-0.4, -0.2) is 70.1 Å². The Balaban J connectivity index is 1.57. The number of halogens is 1. The molecule has 2 saturated heterocycles. The summed E-state index contributed by atoms with van der Waals surface area (Å²) in [5, 5.41) is 9.44. The first-order valence-corrected chi connectivity index (χ1v) is 14.4. The first-order valence-electron chi connectivity index (χ1n) is 13.2. The molecule has 1 aromatic rings. The standard InChI is InChI=1S/C28H33ClN2O5S/c29-19-11-5-6-12-20(19)30-16-10-14-28-23(22-21(37-28)13-4-1-2-9-18-36-27(22)35)25(33)31(24(28)26(30)34)15-7-3-8-17-32/h4-6,10-14,21-24,32H,1-3,7-9,15-18H2/b13-4-/t21-,22+,23+,24?,28+/m1/s1. The minimum absolute atomic E-state index is 0.0870. The summed E-state index contributed by atoms with van der Waals surface area (Å²) in [5.41, 5.74) is 0.605. The average Bonchev–Trinajstić information content (AvgIpc) is 3.27. The molecule has 4 aliphatic heterocycles. The van der Waals surface area contributed by atoms with Gasteiger partial charge in [-0.15, -0.1) is 11.8 Å². The van der Waals surface area contributed by atoms with Crippen molar-refractivity contribution in [1.82, 2.24) is 4.90 Å². The molecule has 1 spiro atoms. The minimum atomic E-state index is -0.881. The maximum atomic E-state index is 14.3. The smallest absolute Gasteiger partial charge is 0.311 e. The number of unbranched alkanes of at least 4 members (excludes halogenated alkanes) is 2. The highest BCUT2D eigenvalue weighted by Crippen LogP contribution is 2.61. The molecule has 0 bridgehead atoms. The van der Waals surface area contributed by atoms with E-state index in [1.54, 1.807) is 27.6 Å². The van der Waals surface area contributed by atoms with Gasteiger partial charge in [0, 0.05) is 24.9 Å². The van der Waals surface area contributed by atoms with Crippen LogP contribution in [0, 0.1) is 11.8 Å². The van der Waals surface area contributed by atoms with Gasteiger partial charge in [-0.1, -0.05) is 48.0 Å². The SMILES string of the molecule is O=C1OCCCC/C=C\[C@H]2S[C@]34C=CCN(c5ccccc5Cl)C(=O)C3N(CCCCCO)C(=O)[C@@H]4[C@@H]12. The Morgan fingerprint density at radius 2 is 1.92 bits per heavy atom. The topological polar surface area (TPSA) is 87.2 Å². The Bertz CT molecular complexity index is 1110. The Kier molecular flexibility index (Phi) is 7.98. The molecule has 37 heavy (non-hydrogen) atoms. The van der Waals surface area contributed by atoms with Gasteiger partial charge in [-0.2, -0.15) is 0 Å². The summed E-state index contributed by atoms with van der Waals surface area (Å²) in [5.74, 6) is -2.05. The summed E-state index contributed by atoms with van der Waals surface area (Å²) in [6.45, 7) is 1.15. The second-order valence-corrected chi connectivity index (χ2v) is 11.9. The van der Waals surface area contributed by atoms with E-state index in [-0.39, 0.29) is 29.6 Å². The lowest BCUT2D eigenvalue weighted by Crippen LogP contribution is -2.53. The number of rotatable bonds is 6. The van der Waals surface area contributed by atoms with E-state index in [0.717, 1.165) is 25.7 Å². The number of allylic oxidation sites excluding steroid dienone is 1. The molecule has 0 aliphatic carbocycles. The molecular weight excluding hydrogens is 512 g/mol. The molecule has 5 rings (SSSR count). The van der Waals surface area contributed by atoms with Crippen LogP contribution in [0.3, 0.4) is 0 Å². The first kappa shape index (κ1) is 26.3. The lowest BCUT2D eigenvalue weighted by Gasteiger charge is -2.35. The Hall–Kier alpha value is -2.29. The number of hydrogen-bond donors (Lipinski definition) is 1. The monoisotopic (exact) mass is 544 g/mol. The number of fused-ring (bicyclic) bond motifs is 2. The van der Waals surface area contributed by atoms with Crippen molar-refractivity contribution in [2.75, 3.05) is 31.2 Å². The highest BCUT2D eigenvalue weighted by atomic mass is 35.5. The number of likely N-dealkylation sites (tertiary alicyclic amines) is 1. The molecule has 4 aliphatic rings. The predicted molar refractivity (Wildman–Crippen MR) is 144 cm³/mol. The van der Waals surface area contributed by atoms with E-state index in [4.69, 9.17) is 16.3 Å². The molecule has 0 aromatic heterocycles. The van der Waals surface area contributed by atoms with Gasteiger partial charge < -0.3 is 19.6 Å². The molecule has 1 unspecified atom stereocenters. The van der Waals surface area contributed by atoms with Crippen LogP contribution in [-0.2, 0) is 19.1 Å². The summed E-state index contributed by atoms with van der Waals surface area (Å²) in [4.78, 5) is 45.2. The van der Waals surface area contributed by atoms with Crippen molar-refractivity contribution in [1.29, 1.82) is 0 Å². The molecule has 2 amide bonds. The summed E-state index contributed by atoms with van der Waals surface area (Å²) in [6, 6.07) is 6.46. The number of nitrogens with zero attached hydrogens (tertiary/aromatic N) is 2. The molecule has 9 heteroatoms. The molecule has 7 nitrogen and oxygen atoms in total. The molecule has 4 heterocycles. The van der Waals surface area contributed by atoms with Gasteiger partial charge in [0.25, 0.3) is 5.91 Å². The Morgan fingerprint density at radius 1 is 1.08 bits per heavy atom. The fraction of sp³-hybridized carbons (Fsp3) is 0.536. The van der Waals surface area contributed by atoms with E-state index in [0.29, 0.717) is 43.2 Å². The number of anilines is 1. The average molecular weight is 545 g/mol. The van der Waals surface area contributed by atoms with Gasteiger partial charge in [0.15, 0.2) is 0 Å². The number of aliphatic hydroxyl groups is 1. The fourth-order valence-corrected chi connectivity index (χ4v) is 8.35. The van der Waals surface area contributed by atoms with E-state index in [1.807, 2.05) is 36.4 Å². The van der Waals surface area contributed by atoms with Crippen molar-refractivity contribution in [3.8, 4) is 0 Å². The zero-order chi connectivity index (χ0) is 26.0. The van der Waals surface area contributed by atoms with E-state index >= 15 is 0 Å². The van der Waals surface area contributed by atoms with Crippen molar-refractivity contribution in [3.05, 3.63) is 53.6 Å². The third-order valence-corrected chi connectivity index (χ3v) is 9.87. The number of para-hydroxylation sites is 1. The van der Waals surface area contributed by atoms with Crippen LogP contribution < -0.4 is 4.90 Å². The number of aliphatic hydroxyl groups excluding tert-OH is 1. The molecule has 0 radical (unpaired) electrons. The molecule has 1 N–H and O–H groups in total. The number of thioether (sulfide) groups is 1. The highest BCUT2D eigenvalue weighted by molar-refractivity contribution is 8.02. The van der Waals surface area contributed by atoms with Crippen molar-refractivity contribution in [2.24, 2.45) is 11.8 Å². The highest BCUT2D eigenvalue weighted by Gasteiger charge is 2.70. The summed E-state index contributed by atoms with van der Waals surface area (Å²) < 4.78 is 4.78. The lowest BCUT2D eigenvalue weighted by atomic mass is 9.78. The summed E-state index contributed by atoms with van der Waals surface area (Å²) in [7, 11) is 0. The largest absolute Gasteiger partial charge is 0.465 e. The maximum absolute atomic E-state index is 14.3. The number of hydrogen-bond acceptors (Lipinski definition) is 6. The molecule has 1 aromatic carbocycles. The molecule has 0 saturated carbocycles. The number of esters is 1. The van der Waals surface area contributed by atoms with Crippen LogP contribution in [0.1, 0.15) is 38.5 Å². The number of ether oxygens (including phenoxy) is 1. The van der Waals surface area contributed by atoms with Crippen LogP contribution in [0.5, 0.6) is 0 Å². The van der Waals surface area contributed by atoms with Gasteiger partial charge in [-0.25, -0.2) is 0 Å². The first-order chi connectivity index (χ1) is 18.0. The van der Waals surface area contributed by atoms with Crippen molar-refractivity contribution in [3.63, 3.8) is 0 Å². The van der Waals surface area contributed by atoms with E-state index in [2.05, 4.69) is 6.08 Å². The van der Waals surface area contributed by atoms with Crippen LogP contribution in [0.2, 0.25) is 5.02 Å². The van der Waals surface area contributed by atoms with Gasteiger partial charge in [0.05, 0.1) is 33.9 Å². The Labute approximate surface area is 226 Å². The van der Waals surface area contributed by atoms with E-state index in [1.165, 1.54) is 0 Å². The Morgan fingerprint density at radius 3 is 2.73 bits per heavy atom. The van der Waals surface area contributed by atoms with Gasteiger partial charge in [0.2, 0.25) is 5.91 Å². The number of amides is 2. The summed E-state index contributed by atoms with van der Waals surface area (Å²) in [6.07, 6.45) is 12.7. The van der Waals surface area contributed by atoms with E-state index in [9.17, 15) is 19.5 Å². The van der Waals surface area contributed by atoms with Crippen LogP contribution in [0.4, 0.5) is 5.69 Å². The number of carbonyl (C=O) groups is 3. The lowest BCUT2D eigenvalue weighted by molar-refractivity contribution is -0.153.